The molecular weight excluding hydrogens is 286 g/mol. The van der Waals surface area contributed by atoms with Crippen molar-refractivity contribution in [1.82, 2.24) is 9.88 Å². The molecule has 2 N–H and O–H groups in total. The SMILES string of the molecule is CCN(CC)C[C@H](O)CNc1ccnc2cc(Cl)ccc12. The molecule has 4 nitrogen and oxygen atoms in total. The van der Waals surface area contributed by atoms with E-state index < -0.39 is 6.10 Å². The quantitative estimate of drug-likeness (QED) is 0.825. The summed E-state index contributed by atoms with van der Waals surface area (Å²) in [5.41, 5.74) is 1.82. The highest BCUT2D eigenvalue weighted by Crippen LogP contribution is 2.24. The van der Waals surface area contributed by atoms with E-state index in [0.29, 0.717) is 18.1 Å². The van der Waals surface area contributed by atoms with Crippen LogP contribution in [0.5, 0.6) is 0 Å². The Labute approximate surface area is 130 Å². The van der Waals surface area contributed by atoms with Gasteiger partial charge in [-0.2, -0.15) is 0 Å². The van der Waals surface area contributed by atoms with E-state index in [1.807, 2.05) is 24.3 Å². The van der Waals surface area contributed by atoms with Crippen LogP contribution in [-0.4, -0.2) is 47.3 Å². The fourth-order valence-corrected chi connectivity index (χ4v) is 2.51. The number of anilines is 1. The Balaban J connectivity index is 2.03. The van der Waals surface area contributed by atoms with Crippen LogP contribution in [0.25, 0.3) is 10.9 Å². The molecule has 5 heteroatoms. The van der Waals surface area contributed by atoms with E-state index in [4.69, 9.17) is 11.6 Å². The van der Waals surface area contributed by atoms with Crippen LogP contribution in [0, 0.1) is 0 Å². The van der Waals surface area contributed by atoms with Crippen molar-refractivity contribution in [3.8, 4) is 0 Å². The Kier molecular flexibility index (Phi) is 5.79. The predicted molar refractivity (Wildman–Crippen MR) is 89.0 cm³/mol. The minimum atomic E-state index is -0.402. The Morgan fingerprint density at radius 3 is 2.76 bits per heavy atom. The molecule has 1 aromatic carbocycles. The lowest BCUT2D eigenvalue weighted by Crippen LogP contribution is -2.35. The van der Waals surface area contributed by atoms with Gasteiger partial charge >= 0.3 is 0 Å². The van der Waals surface area contributed by atoms with Crippen LogP contribution in [0.3, 0.4) is 0 Å². The number of aliphatic hydroxyl groups excluding tert-OH is 1. The van der Waals surface area contributed by atoms with E-state index in [1.54, 1.807) is 6.20 Å². The lowest BCUT2D eigenvalue weighted by molar-refractivity contribution is 0.128. The first-order chi connectivity index (χ1) is 10.1. The number of likely N-dealkylation sites (N-methyl/N-ethyl adjacent to an activating group) is 1. The summed E-state index contributed by atoms with van der Waals surface area (Å²) in [7, 11) is 0. The number of nitrogens with one attached hydrogen (secondary N) is 1. The van der Waals surface area contributed by atoms with Gasteiger partial charge in [0.2, 0.25) is 0 Å². The summed E-state index contributed by atoms with van der Waals surface area (Å²) in [6.07, 6.45) is 1.35. The number of halogens is 1. The predicted octanol–water partition coefficient (Wildman–Crippen LogP) is 3.00. The topological polar surface area (TPSA) is 48.4 Å². The van der Waals surface area contributed by atoms with Crippen molar-refractivity contribution in [3.05, 3.63) is 35.5 Å². The van der Waals surface area contributed by atoms with Crippen molar-refractivity contribution in [2.24, 2.45) is 0 Å². The first-order valence-electron chi connectivity index (χ1n) is 7.32. The van der Waals surface area contributed by atoms with Crippen LogP contribution in [-0.2, 0) is 0 Å². The Morgan fingerprint density at radius 2 is 2.05 bits per heavy atom. The van der Waals surface area contributed by atoms with Crippen LogP contribution in [0.1, 0.15) is 13.8 Å². The Bertz CT molecular complexity index is 587. The summed E-state index contributed by atoms with van der Waals surface area (Å²) in [5, 5.41) is 15.1. The van der Waals surface area contributed by atoms with E-state index >= 15 is 0 Å². The molecule has 1 heterocycles. The van der Waals surface area contributed by atoms with Crippen molar-refractivity contribution < 1.29 is 5.11 Å². The Morgan fingerprint density at radius 1 is 1.29 bits per heavy atom. The second kappa shape index (κ2) is 7.59. The maximum atomic E-state index is 10.1. The van der Waals surface area contributed by atoms with Crippen molar-refractivity contribution >= 4 is 28.2 Å². The number of hydrogen-bond acceptors (Lipinski definition) is 4. The minimum Gasteiger partial charge on any atom is -0.390 e. The number of fused-ring (bicyclic) bond motifs is 1. The van der Waals surface area contributed by atoms with Gasteiger partial charge < -0.3 is 15.3 Å². The van der Waals surface area contributed by atoms with Gasteiger partial charge in [-0.15, -0.1) is 0 Å². The number of aliphatic hydroxyl groups is 1. The van der Waals surface area contributed by atoms with Crippen molar-refractivity contribution in [2.75, 3.05) is 31.5 Å². The molecule has 0 aliphatic carbocycles. The third kappa shape index (κ3) is 4.30. The van der Waals surface area contributed by atoms with E-state index in [2.05, 4.69) is 29.0 Å². The lowest BCUT2D eigenvalue weighted by atomic mass is 10.2. The summed E-state index contributed by atoms with van der Waals surface area (Å²) >= 11 is 5.98. The van der Waals surface area contributed by atoms with Crippen LogP contribution in [0.2, 0.25) is 5.02 Å². The fraction of sp³-hybridized carbons (Fsp3) is 0.438. The molecule has 21 heavy (non-hydrogen) atoms. The van der Waals surface area contributed by atoms with Crippen LogP contribution >= 0.6 is 11.6 Å². The number of hydrogen-bond donors (Lipinski definition) is 2. The molecule has 0 saturated carbocycles. The lowest BCUT2D eigenvalue weighted by Gasteiger charge is -2.22. The number of nitrogens with zero attached hydrogens (tertiary/aromatic N) is 2. The molecule has 0 unspecified atom stereocenters. The van der Waals surface area contributed by atoms with E-state index in [0.717, 1.165) is 29.7 Å². The molecule has 1 atom stereocenters. The molecule has 0 amide bonds. The van der Waals surface area contributed by atoms with Crippen molar-refractivity contribution in [1.29, 1.82) is 0 Å². The first kappa shape index (κ1) is 16.0. The van der Waals surface area contributed by atoms with Crippen LogP contribution in [0.15, 0.2) is 30.5 Å². The smallest absolute Gasteiger partial charge is 0.0839 e. The normalized spacial score (nSPS) is 12.8. The van der Waals surface area contributed by atoms with Gasteiger partial charge in [-0.25, -0.2) is 0 Å². The summed E-state index contributed by atoms with van der Waals surface area (Å²) in [6.45, 7) is 7.29. The number of pyridine rings is 1. The molecule has 0 aliphatic rings. The van der Waals surface area contributed by atoms with Gasteiger partial charge in [0.25, 0.3) is 0 Å². The molecule has 114 valence electrons. The second-order valence-electron chi connectivity index (χ2n) is 5.04. The summed E-state index contributed by atoms with van der Waals surface area (Å²) in [5.74, 6) is 0. The molecule has 1 aromatic heterocycles. The van der Waals surface area contributed by atoms with Crippen molar-refractivity contribution in [2.45, 2.75) is 20.0 Å². The van der Waals surface area contributed by atoms with E-state index in [-0.39, 0.29) is 0 Å². The molecule has 2 aromatic rings. The van der Waals surface area contributed by atoms with Crippen LogP contribution in [0.4, 0.5) is 5.69 Å². The van der Waals surface area contributed by atoms with E-state index in [1.165, 1.54) is 0 Å². The van der Waals surface area contributed by atoms with Gasteiger partial charge in [0.05, 0.1) is 11.6 Å². The first-order valence-corrected chi connectivity index (χ1v) is 7.70. The van der Waals surface area contributed by atoms with Gasteiger partial charge in [-0.3, -0.25) is 4.98 Å². The zero-order valence-electron chi connectivity index (χ0n) is 12.5. The summed E-state index contributed by atoms with van der Waals surface area (Å²) in [6, 6.07) is 7.56. The largest absolute Gasteiger partial charge is 0.390 e. The Hall–Kier alpha value is -1.36. The average molecular weight is 308 g/mol. The van der Waals surface area contributed by atoms with Crippen LogP contribution < -0.4 is 5.32 Å². The highest BCUT2D eigenvalue weighted by molar-refractivity contribution is 6.31. The maximum absolute atomic E-state index is 10.1. The molecular formula is C16H22ClN3O. The highest BCUT2D eigenvalue weighted by atomic mass is 35.5. The molecule has 0 aliphatic heterocycles. The molecule has 0 saturated heterocycles. The molecule has 0 radical (unpaired) electrons. The molecule has 2 rings (SSSR count). The summed E-state index contributed by atoms with van der Waals surface area (Å²) in [4.78, 5) is 6.51. The zero-order valence-corrected chi connectivity index (χ0v) is 13.3. The van der Waals surface area contributed by atoms with Gasteiger partial charge in [-0.05, 0) is 37.4 Å². The highest BCUT2D eigenvalue weighted by Gasteiger charge is 2.09. The van der Waals surface area contributed by atoms with E-state index in [9.17, 15) is 5.11 Å². The van der Waals surface area contributed by atoms with Gasteiger partial charge in [0.1, 0.15) is 0 Å². The monoisotopic (exact) mass is 307 g/mol. The van der Waals surface area contributed by atoms with Gasteiger partial charge in [-0.1, -0.05) is 25.4 Å². The zero-order chi connectivity index (χ0) is 15.2. The van der Waals surface area contributed by atoms with Gasteiger partial charge in [0.15, 0.2) is 0 Å². The minimum absolute atomic E-state index is 0.402. The number of benzene rings is 1. The summed E-state index contributed by atoms with van der Waals surface area (Å²) < 4.78 is 0. The second-order valence-corrected chi connectivity index (χ2v) is 5.48. The average Bonchev–Trinajstić information content (AvgIpc) is 2.50. The molecule has 0 bridgehead atoms. The van der Waals surface area contributed by atoms with Gasteiger partial charge in [0, 0.05) is 35.4 Å². The third-order valence-electron chi connectivity index (χ3n) is 3.60. The number of rotatable bonds is 7. The molecule has 0 fully saturated rings. The fourth-order valence-electron chi connectivity index (χ4n) is 2.35. The number of aromatic nitrogens is 1. The maximum Gasteiger partial charge on any atom is 0.0839 e. The third-order valence-corrected chi connectivity index (χ3v) is 3.83. The molecule has 0 spiro atoms. The standard InChI is InChI=1S/C16H22ClN3O/c1-3-20(4-2)11-13(21)10-19-15-7-8-18-16-9-12(17)5-6-14(15)16/h5-9,13,21H,3-4,10-11H2,1-2H3,(H,18,19)/t13-/m1/s1. The van der Waals surface area contributed by atoms with Crippen molar-refractivity contribution in [3.63, 3.8) is 0 Å².